The highest BCUT2D eigenvalue weighted by Crippen LogP contribution is 2.30. The van der Waals surface area contributed by atoms with Gasteiger partial charge in [-0.3, -0.25) is 9.36 Å². The molecule has 1 aromatic heterocycles. The summed E-state index contributed by atoms with van der Waals surface area (Å²) in [5, 5.41) is 13.5. The first-order chi connectivity index (χ1) is 15.1. The van der Waals surface area contributed by atoms with Gasteiger partial charge < -0.3 is 5.32 Å². The van der Waals surface area contributed by atoms with Crippen LogP contribution in [0, 0.1) is 0 Å². The molecule has 0 bridgehead atoms. The van der Waals surface area contributed by atoms with Crippen molar-refractivity contribution < 1.29 is 4.79 Å². The first kappa shape index (κ1) is 23.6. The maximum Gasteiger partial charge on any atom is 0.220 e. The smallest absolute Gasteiger partial charge is 0.220 e. The highest BCUT2D eigenvalue weighted by Gasteiger charge is 2.18. The summed E-state index contributed by atoms with van der Waals surface area (Å²) >= 11 is 14.3. The first-order valence-corrected chi connectivity index (χ1v) is 12.2. The molecule has 0 atom stereocenters. The fraction of sp³-hybridized carbons (Fsp3) is 0.348. The van der Waals surface area contributed by atoms with E-state index in [1.165, 1.54) is 5.56 Å². The lowest BCUT2D eigenvalue weighted by Gasteiger charge is -2.13. The van der Waals surface area contributed by atoms with Gasteiger partial charge in [0.1, 0.15) is 0 Å². The van der Waals surface area contributed by atoms with Crippen LogP contribution in [0.5, 0.6) is 0 Å². The number of thioether (sulfide) groups is 1. The van der Waals surface area contributed by atoms with E-state index in [0.717, 1.165) is 31.4 Å². The van der Waals surface area contributed by atoms with Crippen molar-refractivity contribution in [3.63, 3.8) is 0 Å². The Balaban J connectivity index is 1.77. The lowest BCUT2D eigenvalue weighted by molar-refractivity contribution is -0.121. The summed E-state index contributed by atoms with van der Waals surface area (Å²) in [6.07, 6.45) is 4.77. The molecule has 0 aliphatic heterocycles. The molecule has 3 rings (SSSR count). The maximum absolute atomic E-state index is 12.2. The van der Waals surface area contributed by atoms with Crippen LogP contribution in [-0.2, 0) is 17.1 Å². The number of carbonyl (C=O) groups excluding carboxylic acids is 1. The number of unbranched alkanes of at least 4 members (excludes halogenated alkanes) is 3. The zero-order chi connectivity index (χ0) is 22.1. The van der Waals surface area contributed by atoms with Crippen LogP contribution >= 0.6 is 35.0 Å². The Morgan fingerprint density at radius 2 is 1.87 bits per heavy atom. The molecule has 1 heterocycles. The van der Waals surface area contributed by atoms with Crippen molar-refractivity contribution in [2.24, 2.45) is 0 Å². The molecule has 1 N–H and O–H groups in total. The predicted molar refractivity (Wildman–Crippen MR) is 128 cm³/mol. The molecular formula is C23H26Cl2N4OS. The van der Waals surface area contributed by atoms with Crippen molar-refractivity contribution >= 4 is 40.9 Å². The van der Waals surface area contributed by atoms with Crippen LogP contribution in [0.3, 0.4) is 0 Å². The Morgan fingerprint density at radius 3 is 2.65 bits per heavy atom. The number of aromatic nitrogens is 3. The summed E-state index contributed by atoms with van der Waals surface area (Å²) in [5.74, 6) is 1.36. The fourth-order valence-corrected chi connectivity index (χ4v) is 4.40. The topological polar surface area (TPSA) is 59.8 Å². The van der Waals surface area contributed by atoms with Gasteiger partial charge in [-0.05, 0) is 30.2 Å². The zero-order valence-corrected chi connectivity index (χ0v) is 19.8. The molecule has 0 spiro atoms. The molecule has 1 amide bonds. The second kappa shape index (κ2) is 12.1. The van der Waals surface area contributed by atoms with Crippen LogP contribution in [0.4, 0.5) is 0 Å². The van der Waals surface area contributed by atoms with Gasteiger partial charge in [-0.15, -0.1) is 10.2 Å². The molecule has 2 aromatic carbocycles. The molecule has 0 fully saturated rings. The summed E-state index contributed by atoms with van der Waals surface area (Å²) in [7, 11) is 0. The van der Waals surface area contributed by atoms with Gasteiger partial charge in [-0.1, -0.05) is 91.5 Å². The summed E-state index contributed by atoms with van der Waals surface area (Å²) in [6, 6.07) is 15.4. The largest absolute Gasteiger partial charge is 0.349 e. The summed E-state index contributed by atoms with van der Waals surface area (Å²) in [5.41, 5.74) is 1.88. The lowest BCUT2D eigenvalue weighted by atomic mass is 10.1. The molecule has 0 aliphatic rings. The molecule has 164 valence electrons. The number of amides is 1. The third-order valence-electron chi connectivity index (χ3n) is 4.76. The van der Waals surface area contributed by atoms with Crippen LogP contribution in [0.15, 0.2) is 53.7 Å². The summed E-state index contributed by atoms with van der Waals surface area (Å²) in [4.78, 5) is 12.2. The Morgan fingerprint density at radius 1 is 1.06 bits per heavy atom. The number of hydrogen-bond acceptors (Lipinski definition) is 4. The summed E-state index contributed by atoms with van der Waals surface area (Å²) < 4.78 is 1.87. The Kier molecular flexibility index (Phi) is 9.25. The van der Waals surface area contributed by atoms with Gasteiger partial charge in [0.25, 0.3) is 0 Å². The Bertz CT molecular complexity index is 994. The highest BCUT2D eigenvalue weighted by atomic mass is 35.5. The van der Waals surface area contributed by atoms with Crippen molar-refractivity contribution in [2.75, 3.05) is 0 Å². The zero-order valence-electron chi connectivity index (χ0n) is 17.5. The Hall–Kier alpha value is -2.02. The average Bonchev–Trinajstić information content (AvgIpc) is 3.19. The van der Waals surface area contributed by atoms with Gasteiger partial charge >= 0.3 is 0 Å². The van der Waals surface area contributed by atoms with E-state index in [9.17, 15) is 4.79 Å². The van der Waals surface area contributed by atoms with E-state index in [0.29, 0.717) is 33.1 Å². The average molecular weight is 477 g/mol. The van der Waals surface area contributed by atoms with Gasteiger partial charge in [0, 0.05) is 17.2 Å². The minimum Gasteiger partial charge on any atom is -0.349 e. The first-order valence-electron chi connectivity index (χ1n) is 10.4. The molecule has 0 saturated carbocycles. The van der Waals surface area contributed by atoms with Crippen LogP contribution < -0.4 is 5.32 Å². The van der Waals surface area contributed by atoms with E-state index in [2.05, 4.69) is 34.6 Å². The van der Waals surface area contributed by atoms with Crippen molar-refractivity contribution in [1.82, 2.24) is 20.1 Å². The number of nitrogens with zero attached hydrogens (tertiary/aromatic N) is 3. The van der Waals surface area contributed by atoms with Gasteiger partial charge in [0.2, 0.25) is 5.91 Å². The van der Waals surface area contributed by atoms with Gasteiger partial charge in [0.15, 0.2) is 11.0 Å². The summed E-state index contributed by atoms with van der Waals surface area (Å²) in [6.45, 7) is 2.43. The Labute approximate surface area is 197 Å². The van der Waals surface area contributed by atoms with Crippen LogP contribution in [-0.4, -0.2) is 20.7 Å². The van der Waals surface area contributed by atoms with E-state index in [1.807, 2.05) is 22.8 Å². The predicted octanol–water partition coefficient (Wildman–Crippen LogP) is 6.45. The van der Waals surface area contributed by atoms with Crippen LogP contribution in [0.1, 0.15) is 50.4 Å². The van der Waals surface area contributed by atoms with Crippen molar-refractivity contribution in [1.29, 1.82) is 0 Å². The van der Waals surface area contributed by atoms with Crippen LogP contribution in [0.25, 0.3) is 5.69 Å². The number of nitrogens with one attached hydrogen (secondary N) is 1. The third-order valence-corrected chi connectivity index (χ3v) is 6.32. The molecule has 5 nitrogen and oxygen atoms in total. The standard InChI is InChI=1S/C23H26Cl2N4OS/c1-2-3-4-8-11-22(30)26-15-21-27-28-23(31-16-17-9-6-5-7-10-17)29(21)20-14-18(24)12-13-19(20)25/h5-7,9-10,12-14H,2-4,8,11,15-16H2,1H3,(H,26,30). The second-order valence-corrected chi connectivity index (χ2v) is 8.98. The molecule has 0 saturated heterocycles. The minimum absolute atomic E-state index is 0.0151. The number of carbonyl (C=O) groups is 1. The lowest BCUT2D eigenvalue weighted by Crippen LogP contribution is -2.24. The number of benzene rings is 2. The molecule has 0 radical (unpaired) electrons. The SMILES string of the molecule is CCCCCCC(=O)NCc1nnc(SCc2ccccc2)n1-c1cc(Cl)ccc1Cl. The van der Waals surface area contributed by atoms with Gasteiger partial charge in [0.05, 0.1) is 17.3 Å². The number of halogens is 2. The molecule has 3 aromatic rings. The van der Waals surface area contributed by atoms with E-state index in [4.69, 9.17) is 23.2 Å². The normalized spacial score (nSPS) is 10.9. The molecule has 0 unspecified atom stereocenters. The van der Waals surface area contributed by atoms with E-state index < -0.39 is 0 Å². The number of hydrogen-bond donors (Lipinski definition) is 1. The van der Waals surface area contributed by atoms with E-state index in [-0.39, 0.29) is 12.5 Å². The van der Waals surface area contributed by atoms with Crippen molar-refractivity contribution in [3.8, 4) is 5.69 Å². The van der Waals surface area contributed by atoms with Crippen molar-refractivity contribution in [3.05, 3.63) is 70.0 Å². The molecule has 0 aliphatic carbocycles. The van der Waals surface area contributed by atoms with Gasteiger partial charge in [-0.2, -0.15) is 0 Å². The monoisotopic (exact) mass is 476 g/mol. The van der Waals surface area contributed by atoms with Gasteiger partial charge in [-0.25, -0.2) is 0 Å². The van der Waals surface area contributed by atoms with Crippen LogP contribution in [0.2, 0.25) is 10.0 Å². The quantitative estimate of drug-likeness (QED) is 0.255. The highest BCUT2D eigenvalue weighted by molar-refractivity contribution is 7.98. The van der Waals surface area contributed by atoms with Crippen molar-refractivity contribution in [2.45, 2.75) is 56.5 Å². The minimum atomic E-state index is 0.0151. The van der Waals surface area contributed by atoms with E-state index >= 15 is 0 Å². The van der Waals surface area contributed by atoms with E-state index in [1.54, 1.807) is 30.0 Å². The second-order valence-electron chi connectivity index (χ2n) is 7.19. The molecule has 8 heteroatoms. The third kappa shape index (κ3) is 6.99. The fourth-order valence-electron chi connectivity index (χ4n) is 3.11. The molecule has 31 heavy (non-hydrogen) atoms. The molecular weight excluding hydrogens is 451 g/mol. The number of rotatable bonds is 11. The maximum atomic E-state index is 12.2.